The van der Waals surface area contributed by atoms with Gasteiger partial charge in [0, 0.05) is 36.4 Å². The number of aromatic amines is 1. The molecular weight excluding hydrogens is 492 g/mol. The molecule has 0 aliphatic carbocycles. The third-order valence-corrected chi connectivity index (χ3v) is 4.50. The van der Waals surface area contributed by atoms with Crippen molar-refractivity contribution >= 4 is 23.0 Å². The zero-order valence-corrected chi connectivity index (χ0v) is 17.2. The number of aromatic nitrogens is 5. The van der Waals surface area contributed by atoms with Crippen LogP contribution in [-0.4, -0.2) is 72.3 Å². The summed E-state index contributed by atoms with van der Waals surface area (Å²) in [7, 11) is 0. The summed E-state index contributed by atoms with van der Waals surface area (Å²) in [6.45, 7) is 1.54. The number of H-pyrrole nitrogens is 1. The molecule has 0 amide bonds. The average molecular weight is 507 g/mol. The third-order valence-electron chi connectivity index (χ3n) is 4.50. The highest BCUT2D eigenvalue weighted by molar-refractivity contribution is 5.90. The minimum Gasteiger partial charge on any atom is -0.475 e. The van der Waals surface area contributed by atoms with Gasteiger partial charge in [0.05, 0.1) is 24.4 Å². The van der Waals surface area contributed by atoms with E-state index >= 15 is 0 Å². The molecule has 3 aromatic heterocycles. The summed E-state index contributed by atoms with van der Waals surface area (Å²) in [5, 5.41) is 31.9. The molecule has 11 nitrogen and oxygen atoms in total. The van der Waals surface area contributed by atoms with Crippen molar-refractivity contribution in [1.29, 1.82) is 5.26 Å². The molecule has 4 heterocycles. The summed E-state index contributed by atoms with van der Waals surface area (Å²) in [5.74, 6) is -5.51. The van der Waals surface area contributed by atoms with E-state index in [9.17, 15) is 26.3 Å². The standard InChI is InChI=1S/C14H13N7.2C2HF3O2/c15-3-2-14(7-16-8-14)21-6-10(5-20-21)12-11-1-4-17-13(11)19-9-18-12;2*3-2(4,5)1(6)7/h1,4-6,9,16H,2,7-8H2,(H,17,18,19);2*(H,6,7). The minimum absolute atomic E-state index is 0.225. The van der Waals surface area contributed by atoms with E-state index in [1.807, 2.05) is 23.1 Å². The summed E-state index contributed by atoms with van der Waals surface area (Å²) in [6, 6.07) is 4.21. The smallest absolute Gasteiger partial charge is 0.475 e. The molecule has 0 unspecified atom stereocenters. The Balaban J connectivity index is 0.000000257. The van der Waals surface area contributed by atoms with Gasteiger partial charge in [0.25, 0.3) is 0 Å². The first-order chi connectivity index (χ1) is 16.2. The van der Waals surface area contributed by atoms with Gasteiger partial charge < -0.3 is 20.5 Å². The van der Waals surface area contributed by atoms with Crippen LogP contribution in [0.2, 0.25) is 0 Å². The average Bonchev–Trinajstić information content (AvgIpc) is 3.40. The van der Waals surface area contributed by atoms with E-state index in [4.69, 9.17) is 25.1 Å². The molecular formula is C18H15F6N7O4. The van der Waals surface area contributed by atoms with Gasteiger partial charge in [-0.25, -0.2) is 19.6 Å². The predicted molar refractivity (Wildman–Crippen MR) is 104 cm³/mol. The number of alkyl halides is 6. The highest BCUT2D eigenvalue weighted by atomic mass is 19.4. The lowest BCUT2D eigenvalue weighted by Gasteiger charge is -2.41. The van der Waals surface area contributed by atoms with Crippen LogP contribution in [0.4, 0.5) is 26.3 Å². The Morgan fingerprint density at radius 3 is 2.14 bits per heavy atom. The molecule has 3 aromatic rings. The number of hydrogen-bond acceptors (Lipinski definition) is 7. The Hall–Kier alpha value is -4.20. The van der Waals surface area contributed by atoms with Gasteiger partial charge in [-0.15, -0.1) is 0 Å². The van der Waals surface area contributed by atoms with Crippen LogP contribution in [-0.2, 0) is 15.1 Å². The van der Waals surface area contributed by atoms with Crippen LogP contribution in [0.1, 0.15) is 6.42 Å². The van der Waals surface area contributed by atoms with Crippen molar-refractivity contribution in [1.82, 2.24) is 30.0 Å². The predicted octanol–water partition coefficient (Wildman–Crippen LogP) is 2.30. The molecule has 1 fully saturated rings. The normalized spacial score (nSPS) is 14.4. The molecule has 0 atom stereocenters. The zero-order valence-electron chi connectivity index (χ0n) is 17.2. The van der Waals surface area contributed by atoms with Crippen molar-refractivity contribution in [3.05, 3.63) is 31.0 Å². The summed E-state index contributed by atoms with van der Waals surface area (Å²) in [4.78, 5) is 29.4. The van der Waals surface area contributed by atoms with E-state index in [1.54, 1.807) is 12.5 Å². The molecule has 1 aliphatic heterocycles. The second-order valence-electron chi connectivity index (χ2n) is 6.90. The fraction of sp³-hybridized carbons (Fsp3) is 0.333. The van der Waals surface area contributed by atoms with E-state index < -0.39 is 24.3 Å². The van der Waals surface area contributed by atoms with Gasteiger partial charge in [-0.1, -0.05) is 0 Å². The van der Waals surface area contributed by atoms with Crippen molar-refractivity contribution in [2.45, 2.75) is 24.3 Å². The van der Waals surface area contributed by atoms with Crippen molar-refractivity contribution in [3.8, 4) is 17.3 Å². The highest BCUT2D eigenvalue weighted by Gasteiger charge is 2.40. The Morgan fingerprint density at radius 2 is 1.69 bits per heavy atom. The minimum atomic E-state index is -5.08. The molecule has 0 saturated carbocycles. The number of rotatable bonds is 3. The maximum atomic E-state index is 10.6. The number of nitriles is 1. The molecule has 0 spiro atoms. The van der Waals surface area contributed by atoms with Crippen LogP contribution in [0.3, 0.4) is 0 Å². The lowest BCUT2D eigenvalue weighted by atomic mass is 9.89. The number of carbonyl (C=O) groups is 2. The number of halogens is 6. The Morgan fingerprint density at radius 1 is 1.11 bits per heavy atom. The van der Waals surface area contributed by atoms with Gasteiger partial charge in [0.15, 0.2) is 0 Å². The highest BCUT2D eigenvalue weighted by Crippen LogP contribution is 2.29. The van der Waals surface area contributed by atoms with E-state index in [0.717, 1.165) is 35.4 Å². The first kappa shape index (κ1) is 27.0. The van der Waals surface area contributed by atoms with E-state index in [-0.39, 0.29) is 5.54 Å². The van der Waals surface area contributed by atoms with Crippen LogP contribution in [0.25, 0.3) is 22.3 Å². The molecule has 0 aromatic carbocycles. The summed E-state index contributed by atoms with van der Waals surface area (Å²) < 4.78 is 65.4. The lowest BCUT2D eigenvalue weighted by molar-refractivity contribution is -0.193. The Labute approximate surface area is 191 Å². The summed E-state index contributed by atoms with van der Waals surface area (Å²) in [5.41, 5.74) is 2.38. The van der Waals surface area contributed by atoms with Gasteiger partial charge in [0.1, 0.15) is 17.5 Å². The van der Waals surface area contributed by atoms with Crippen molar-refractivity contribution in [2.24, 2.45) is 0 Å². The van der Waals surface area contributed by atoms with E-state index in [0.29, 0.717) is 6.42 Å². The molecule has 35 heavy (non-hydrogen) atoms. The largest absolute Gasteiger partial charge is 0.490 e. The first-order valence-electron chi connectivity index (χ1n) is 9.23. The molecule has 0 radical (unpaired) electrons. The van der Waals surface area contributed by atoms with Gasteiger partial charge in [-0.3, -0.25) is 4.68 Å². The number of hydrogen-bond donors (Lipinski definition) is 4. The number of carboxylic acids is 2. The lowest BCUT2D eigenvalue weighted by Crippen LogP contribution is -2.60. The van der Waals surface area contributed by atoms with Gasteiger partial charge in [0.2, 0.25) is 0 Å². The number of fused-ring (bicyclic) bond motifs is 1. The van der Waals surface area contributed by atoms with E-state index in [2.05, 4.69) is 31.4 Å². The van der Waals surface area contributed by atoms with Gasteiger partial charge in [-0.2, -0.15) is 36.7 Å². The second kappa shape index (κ2) is 10.4. The number of carboxylic acid groups (broad SMARTS) is 2. The number of nitrogens with zero attached hydrogens (tertiary/aromatic N) is 5. The molecule has 1 aliphatic rings. The summed E-state index contributed by atoms with van der Waals surface area (Å²) in [6.07, 6.45) is -2.56. The van der Waals surface area contributed by atoms with Crippen LogP contribution in [0.5, 0.6) is 0 Å². The molecule has 1 saturated heterocycles. The third kappa shape index (κ3) is 6.66. The van der Waals surface area contributed by atoms with Gasteiger partial charge >= 0.3 is 24.3 Å². The number of nitrogens with one attached hydrogen (secondary N) is 2. The van der Waals surface area contributed by atoms with Crippen LogP contribution < -0.4 is 5.32 Å². The maximum Gasteiger partial charge on any atom is 0.490 e. The van der Waals surface area contributed by atoms with Gasteiger partial charge in [-0.05, 0) is 6.07 Å². The molecule has 4 rings (SSSR count). The quantitative estimate of drug-likeness (QED) is 0.389. The SMILES string of the molecule is N#CCC1(n2cc(-c3ncnc4[nH]ccc34)cn2)CNC1.O=C(O)C(F)(F)F.O=C(O)C(F)(F)F. The Kier molecular flexibility index (Phi) is 8.02. The topological polar surface area (TPSA) is 170 Å². The molecule has 0 bridgehead atoms. The van der Waals surface area contributed by atoms with Crippen molar-refractivity contribution in [3.63, 3.8) is 0 Å². The number of aliphatic carboxylic acids is 2. The molecule has 188 valence electrons. The molecule has 4 N–H and O–H groups in total. The zero-order chi connectivity index (χ0) is 26.4. The van der Waals surface area contributed by atoms with E-state index in [1.165, 1.54) is 0 Å². The molecule has 17 heteroatoms. The maximum absolute atomic E-state index is 10.6. The fourth-order valence-electron chi connectivity index (χ4n) is 2.74. The van der Waals surface area contributed by atoms with Crippen LogP contribution >= 0.6 is 0 Å². The fourth-order valence-corrected chi connectivity index (χ4v) is 2.74. The summed E-state index contributed by atoms with van der Waals surface area (Å²) >= 11 is 0. The Bertz CT molecular complexity index is 1200. The van der Waals surface area contributed by atoms with Crippen molar-refractivity contribution in [2.75, 3.05) is 13.1 Å². The van der Waals surface area contributed by atoms with Crippen LogP contribution in [0, 0.1) is 11.3 Å². The van der Waals surface area contributed by atoms with Crippen LogP contribution in [0.15, 0.2) is 31.0 Å². The van der Waals surface area contributed by atoms with Crippen molar-refractivity contribution < 1.29 is 46.1 Å². The first-order valence-corrected chi connectivity index (χ1v) is 9.23. The second-order valence-corrected chi connectivity index (χ2v) is 6.90. The monoisotopic (exact) mass is 507 g/mol.